The summed E-state index contributed by atoms with van der Waals surface area (Å²) in [6.07, 6.45) is 8.38. The third-order valence-corrected chi connectivity index (χ3v) is 7.39. The van der Waals surface area contributed by atoms with Crippen LogP contribution in [0.5, 0.6) is 0 Å². The van der Waals surface area contributed by atoms with Gasteiger partial charge in [-0.15, -0.1) is 11.8 Å². The molecule has 1 aliphatic carbocycles. The fourth-order valence-electron chi connectivity index (χ4n) is 4.57. The van der Waals surface area contributed by atoms with E-state index in [1.807, 2.05) is 62.4 Å². The van der Waals surface area contributed by atoms with Crippen molar-refractivity contribution in [1.29, 1.82) is 0 Å². The van der Waals surface area contributed by atoms with Crippen molar-refractivity contribution in [3.05, 3.63) is 72.2 Å². The second kappa shape index (κ2) is 14.7. The van der Waals surface area contributed by atoms with Crippen molar-refractivity contribution in [3.8, 4) is 0 Å². The number of methoxy groups -OCH3 is 1. The zero-order valence-corrected chi connectivity index (χ0v) is 22.7. The number of thioether (sulfide) groups is 1. The van der Waals surface area contributed by atoms with Crippen LogP contribution in [0.15, 0.2) is 65.3 Å². The Balaban J connectivity index is 1.79. The van der Waals surface area contributed by atoms with Crippen molar-refractivity contribution in [1.82, 2.24) is 10.2 Å². The summed E-state index contributed by atoms with van der Waals surface area (Å²) in [7, 11) is 1.34. The molecule has 0 saturated carbocycles. The molecule has 8 heteroatoms. The number of rotatable bonds is 13. The first kappa shape index (κ1) is 28.6. The van der Waals surface area contributed by atoms with Gasteiger partial charge in [-0.3, -0.25) is 14.5 Å². The number of Topliss-reactive ketones (excluding diaryl/α,β-unsaturated/α-hetero) is 1. The summed E-state index contributed by atoms with van der Waals surface area (Å²) in [4.78, 5) is 41.6. The molecule has 2 aromatic rings. The van der Waals surface area contributed by atoms with Gasteiger partial charge < -0.3 is 14.5 Å². The van der Waals surface area contributed by atoms with Gasteiger partial charge in [-0.1, -0.05) is 56.3 Å². The van der Waals surface area contributed by atoms with Gasteiger partial charge in [0.25, 0.3) is 0 Å². The van der Waals surface area contributed by atoms with Crippen LogP contribution in [0.2, 0.25) is 0 Å². The second-order valence-electron chi connectivity index (χ2n) is 9.75. The van der Waals surface area contributed by atoms with E-state index in [4.69, 9.17) is 9.15 Å². The van der Waals surface area contributed by atoms with Crippen molar-refractivity contribution in [3.63, 3.8) is 0 Å². The number of carbonyl (C=O) groups excluding carboxylic acids is 3. The summed E-state index contributed by atoms with van der Waals surface area (Å²) >= 11 is 1.45. The van der Waals surface area contributed by atoms with E-state index in [1.165, 1.54) is 18.9 Å². The first-order valence-electron chi connectivity index (χ1n) is 12.9. The molecule has 3 rings (SSSR count). The SMILES string of the molecule is COC(=O)N([C@@H]1CC=CCC1)[C@@H](CC(C)C)C(=O)NC(Cc1ccccc1)C(=O)CSCc1ccco1. The van der Waals surface area contributed by atoms with E-state index in [0.29, 0.717) is 25.0 Å². The van der Waals surface area contributed by atoms with Crippen LogP contribution >= 0.6 is 11.8 Å². The number of carbonyl (C=O) groups is 3. The number of nitrogens with zero attached hydrogens (tertiary/aromatic N) is 1. The Labute approximate surface area is 224 Å². The van der Waals surface area contributed by atoms with E-state index in [0.717, 1.165) is 24.2 Å². The first-order valence-corrected chi connectivity index (χ1v) is 14.0. The summed E-state index contributed by atoms with van der Waals surface area (Å²) in [6.45, 7) is 4.04. The van der Waals surface area contributed by atoms with Crippen LogP contribution in [-0.2, 0) is 26.5 Å². The predicted octanol–water partition coefficient (Wildman–Crippen LogP) is 5.40. The van der Waals surface area contributed by atoms with E-state index in [2.05, 4.69) is 11.4 Å². The molecule has 0 radical (unpaired) electrons. The maximum atomic E-state index is 13.8. The van der Waals surface area contributed by atoms with Crippen LogP contribution in [-0.4, -0.2) is 53.7 Å². The molecule has 1 aliphatic rings. The highest BCUT2D eigenvalue weighted by molar-refractivity contribution is 7.99. The van der Waals surface area contributed by atoms with Gasteiger partial charge in [0.1, 0.15) is 11.8 Å². The van der Waals surface area contributed by atoms with Gasteiger partial charge in [-0.25, -0.2) is 4.79 Å². The molecule has 7 nitrogen and oxygen atoms in total. The molecule has 3 atom stereocenters. The molecule has 0 bridgehead atoms. The number of ether oxygens (including phenoxy) is 1. The molecule has 1 aromatic carbocycles. The lowest BCUT2D eigenvalue weighted by molar-refractivity contribution is -0.131. The quantitative estimate of drug-likeness (QED) is 0.352. The van der Waals surface area contributed by atoms with E-state index in [9.17, 15) is 14.4 Å². The Morgan fingerprint density at radius 2 is 1.92 bits per heavy atom. The summed E-state index contributed by atoms with van der Waals surface area (Å²) in [5.74, 6) is 1.39. The first-order chi connectivity index (χ1) is 17.9. The highest BCUT2D eigenvalue weighted by atomic mass is 32.2. The fourth-order valence-corrected chi connectivity index (χ4v) is 5.44. The number of hydrogen-bond donors (Lipinski definition) is 1. The number of allylic oxidation sites excluding steroid dienone is 1. The number of hydrogen-bond acceptors (Lipinski definition) is 6. The number of ketones is 1. The second-order valence-corrected chi connectivity index (χ2v) is 10.7. The molecular weight excluding hydrogens is 488 g/mol. The van der Waals surface area contributed by atoms with Crippen molar-refractivity contribution < 1.29 is 23.5 Å². The Bertz CT molecular complexity index is 1020. The standard InChI is InChI=1S/C29H38N2O5S/c1-21(2)17-26(31(29(34)35-3)23-13-8-5-9-14-23)28(33)30-25(18-22-11-6-4-7-12-22)27(32)20-37-19-24-15-10-16-36-24/h4-8,10-12,15-16,21,23,25-26H,9,13-14,17-20H2,1-3H3,(H,30,33)/t23-,25?,26+/m1/s1. The Hall–Kier alpha value is -3.00. The van der Waals surface area contributed by atoms with Crippen LogP contribution < -0.4 is 5.32 Å². The summed E-state index contributed by atoms with van der Waals surface area (Å²) < 4.78 is 10.5. The summed E-state index contributed by atoms with van der Waals surface area (Å²) in [5, 5.41) is 3.02. The molecule has 1 N–H and O–H groups in total. The number of benzene rings is 1. The molecule has 0 aliphatic heterocycles. The van der Waals surface area contributed by atoms with Crippen LogP contribution in [0.4, 0.5) is 4.79 Å². The normalized spacial score (nSPS) is 16.7. The van der Waals surface area contributed by atoms with Gasteiger partial charge in [-0.2, -0.15) is 0 Å². The molecule has 0 fully saturated rings. The predicted molar refractivity (Wildman–Crippen MR) is 146 cm³/mol. The Morgan fingerprint density at radius 1 is 1.14 bits per heavy atom. The molecular formula is C29H38N2O5S. The van der Waals surface area contributed by atoms with E-state index >= 15 is 0 Å². The fraction of sp³-hybridized carbons (Fsp3) is 0.483. The molecule has 1 unspecified atom stereocenters. The van der Waals surface area contributed by atoms with E-state index in [1.54, 1.807) is 11.2 Å². The average Bonchev–Trinajstić information content (AvgIpc) is 3.42. The Morgan fingerprint density at radius 3 is 2.54 bits per heavy atom. The van der Waals surface area contributed by atoms with Gasteiger partial charge >= 0.3 is 6.09 Å². The largest absolute Gasteiger partial charge is 0.468 e. The summed E-state index contributed by atoms with van der Waals surface area (Å²) in [5.41, 5.74) is 0.958. The zero-order valence-electron chi connectivity index (χ0n) is 21.9. The van der Waals surface area contributed by atoms with E-state index in [-0.39, 0.29) is 29.4 Å². The highest BCUT2D eigenvalue weighted by Gasteiger charge is 2.37. The minimum Gasteiger partial charge on any atom is -0.468 e. The minimum atomic E-state index is -0.731. The molecule has 1 aromatic heterocycles. The highest BCUT2D eigenvalue weighted by Crippen LogP contribution is 2.25. The maximum Gasteiger partial charge on any atom is 0.410 e. The zero-order chi connectivity index (χ0) is 26.6. The average molecular weight is 527 g/mol. The van der Waals surface area contributed by atoms with Crippen LogP contribution in [0.25, 0.3) is 0 Å². The lowest BCUT2D eigenvalue weighted by atomic mass is 9.94. The molecule has 0 saturated heterocycles. The molecule has 0 spiro atoms. The van der Waals surface area contributed by atoms with Gasteiger partial charge in [0, 0.05) is 6.04 Å². The maximum absolute atomic E-state index is 13.8. The van der Waals surface area contributed by atoms with E-state index < -0.39 is 18.2 Å². The third-order valence-electron chi connectivity index (χ3n) is 6.41. The van der Waals surface area contributed by atoms with Gasteiger partial charge in [0.2, 0.25) is 5.91 Å². The number of amides is 2. The lowest BCUT2D eigenvalue weighted by Crippen LogP contribution is -2.57. The van der Waals surface area contributed by atoms with Crippen LogP contribution in [0.1, 0.15) is 50.9 Å². The van der Waals surface area contributed by atoms with Gasteiger partial charge in [0.05, 0.1) is 30.9 Å². The van der Waals surface area contributed by atoms with Crippen molar-refractivity contribution in [2.24, 2.45) is 5.92 Å². The smallest absolute Gasteiger partial charge is 0.410 e. The lowest BCUT2D eigenvalue weighted by Gasteiger charge is -2.38. The number of furan rings is 1. The summed E-state index contributed by atoms with van der Waals surface area (Å²) in [6, 6.07) is 11.8. The molecule has 2 amide bonds. The van der Waals surface area contributed by atoms with Crippen molar-refractivity contribution >= 4 is 29.5 Å². The van der Waals surface area contributed by atoms with Crippen LogP contribution in [0.3, 0.4) is 0 Å². The van der Waals surface area contributed by atoms with Crippen LogP contribution in [0, 0.1) is 5.92 Å². The Kier molecular flexibility index (Phi) is 11.3. The van der Waals surface area contributed by atoms with Gasteiger partial charge in [-0.05, 0) is 55.7 Å². The topological polar surface area (TPSA) is 88.9 Å². The molecule has 1 heterocycles. The monoisotopic (exact) mass is 526 g/mol. The molecule has 37 heavy (non-hydrogen) atoms. The van der Waals surface area contributed by atoms with Crippen molar-refractivity contribution in [2.75, 3.05) is 12.9 Å². The molecule has 200 valence electrons. The number of nitrogens with one attached hydrogen (secondary N) is 1. The van der Waals surface area contributed by atoms with Gasteiger partial charge in [0.15, 0.2) is 5.78 Å². The van der Waals surface area contributed by atoms with Crippen molar-refractivity contribution in [2.45, 2.75) is 69.8 Å². The minimum absolute atomic E-state index is 0.0673. The third kappa shape index (κ3) is 8.81.